The van der Waals surface area contributed by atoms with Gasteiger partial charge < -0.3 is 10.1 Å². The summed E-state index contributed by atoms with van der Waals surface area (Å²) >= 11 is 5.93. The largest absolute Gasteiger partial charge is 0.496 e. The van der Waals surface area contributed by atoms with Gasteiger partial charge in [0.15, 0.2) is 0 Å². The van der Waals surface area contributed by atoms with Gasteiger partial charge in [0.05, 0.1) is 12.8 Å². The van der Waals surface area contributed by atoms with E-state index in [1.807, 2.05) is 31.2 Å². The Bertz CT molecular complexity index is 1150. The van der Waals surface area contributed by atoms with Crippen LogP contribution >= 0.6 is 11.6 Å². The molecule has 1 saturated carbocycles. The second-order valence-electron chi connectivity index (χ2n) is 7.83. The van der Waals surface area contributed by atoms with E-state index in [2.05, 4.69) is 10.4 Å². The van der Waals surface area contributed by atoms with Gasteiger partial charge in [-0.25, -0.2) is 4.68 Å². The summed E-state index contributed by atoms with van der Waals surface area (Å²) in [5.74, 6) is 0.578. The van der Waals surface area contributed by atoms with E-state index >= 15 is 0 Å². The van der Waals surface area contributed by atoms with Crippen LogP contribution in [0.2, 0.25) is 5.02 Å². The van der Waals surface area contributed by atoms with Crippen LogP contribution in [0.15, 0.2) is 59.4 Å². The first kappa shape index (κ1) is 21.1. The molecular formula is C24H24ClN3O3. The van der Waals surface area contributed by atoms with E-state index in [-0.39, 0.29) is 17.4 Å². The number of carbonyl (C=O) groups is 1. The molecule has 1 aromatic heterocycles. The highest BCUT2D eigenvalue weighted by Crippen LogP contribution is 2.39. The lowest BCUT2D eigenvalue weighted by Gasteiger charge is -2.19. The van der Waals surface area contributed by atoms with Crippen LogP contribution in [0, 0.1) is 12.8 Å². The van der Waals surface area contributed by atoms with Crippen LogP contribution in [0.5, 0.6) is 5.75 Å². The third-order valence-electron chi connectivity index (χ3n) is 5.42. The maximum Gasteiger partial charge on any atom is 0.271 e. The SMILES string of the molecule is COc1ccccc1Cc1cc(C)nn(C(C(=O)Nc2ccc(Cl)cc2)C2CC2)c1=O. The van der Waals surface area contributed by atoms with Gasteiger partial charge in [0.1, 0.15) is 11.8 Å². The van der Waals surface area contributed by atoms with Crippen molar-refractivity contribution in [2.75, 3.05) is 12.4 Å². The lowest BCUT2D eigenvalue weighted by atomic mass is 10.0. The van der Waals surface area contributed by atoms with Gasteiger partial charge in [-0.3, -0.25) is 9.59 Å². The van der Waals surface area contributed by atoms with Crippen molar-refractivity contribution in [3.8, 4) is 5.75 Å². The summed E-state index contributed by atoms with van der Waals surface area (Å²) in [5.41, 5.74) is 2.57. The third-order valence-corrected chi connectivity index (χ3v) is 5.67. The summed E-state index contributed by atoms with van der Waals surface area (Å²) in [6.45, 7) is 1.84. The summed E-state index contributed by atoms with van der Waals surface area (Å²) in [4.78, 5) is 26.5. The number of hydrogen-bond donors (Lipinski definition) is 1. The molecule has 1 aliphatic carbocycles. The Morgan fingerprint density at radius 3 is 2.58 bits per heavy atom. The molecule has 0 radical (unpaired) electrons. The Morgan fingerprint density at radius 1 is 1.19 bits per heavy atom. The second-order valence-corrected chi connectivity index (χ2v) is 8.26. The number of nitrogens with zero attached hydrogens (tertiary/aromatic N) is 2. The zero-order valence-corrected chi connectivity index (χ0v) is 18.2. The topological polar surface area (TPSA) is 73.2 Å². The molecule has 1 N–H and O–H groups in total. The quantitative estimate of drug-likeness (QED) is 0.594. The molecule has 2 aromatic carbocycles. The van der Waals surface area contributed by atoms with Crippen molar-refractivity contribution in [2.24, 2.45) is 5.92 Å². The van der Waals surface area contributed by atoms with Gasteiger partial charge in [0, 0.05) is 22.7 Å². The molecule has 1 atom stereocenters. The minimum Gasteiger partial charge on any atom is -0.496 e. The van der Waals surface area contributed by atoms with Gasteiger partial charge in [-0.2, -0.15) is 5.10 Å². The molecule has 1 heterocycles. The van der Waals surface area contributed by atoms with Crippen molar-refractivity contribution < 1.29 is 9.53 Å². The van der Waals surface area contributed by atoms with Crippen molar-refractivity contribution in [3.05, 3.63) is 86.8 Å². The Balaban J connectivity index is 1.67. The molecule has 4 rings (SSSR count). The van der Waals surface area contributed by atoms with E-state index < -0.39 is 6.04 Å². The van der Waals surface area contributed by atoms with Gasteiger partial charge in [-0.1, -0.05) is 29.8 Å². The maximum atomic E-state index is 13.4. The van der Waals surface area contributed by atoms with E-state index in [9.17, 15) is 9.59 Å². The number of anilines is 1. The van der Waals surface area contributed by atoms with E-state index in [0.717, 1.165) is 24.2 Å². The lowest BCUT2D eigenvalue weighted by Crippen LogP contribution is -2.38. The average Bonchev–Trinajstić information content (AvgIpc) is 3.58. The van der Waals surface area contributed by atoms with Crippen molar-refractivity contribution in [1.82, 2.24) is 9.78 Å². The molecule has 1 amide bonds. The molecule has 160 valence electrons. The molecule has 0 bridgehead atoms. The first-order valence-electron chi connectivity index (χ1n) is 10.2. The first-order valence-corrected chi connectivity index (χ1v) is 10.6. The second kappa shape index (κ2) is 8.94. The molecule has 0 saturated heterocycles. The van der Waals surface area contributed by atoms with E-state index in [4.69, 9.17) is 16.3 Å². The van der Waals surface area contributed by atoms with Gasteiger partial charge in [0.2, 0.25) is 5.91 Å². The lowest BCUT2D eigenvalue weighted by molar-refractivity contribution is -0.120. The predicted molar refractivity (Wildman–Crippen MR) is 121 cm³/mol. The molecule has 0 spiro atoms. The zero-order valence-electron chi connectivity index (χ0n) is 17.5. The number of carbonyl (C=O) groups excluding carboxylic acids is 1. The minimum absolute atomic E-state index is 0.0958. The number of amides is 1. The predicted octanol–water partition coefficient (Wildman–Crippen LogP) is 4.39. The van der Waals surface area contributed by atoms with Crippen LogP contribution < -0.4 is 15.6 Å². The minimum atomic E-state index is -0.653. The third kappa shape index (κ3) is 4.80. The highest BCUT2D eigenvalue weighted by Gasteiger charge is 2.39. The fourth-order valence-corrected chi connectivity index (χ4v) is 3.89. The van der Waals surface area contributed by atoms with Crippen LogP contribution in [0.25, 0.3) is 0 Å². The summed E-state index contributed by atoms with van der Waals surface area (Å²) in [7, 11) is 1.61. The summed E-state index contributed by atoms with van der Waals surface area (Å²) in [6.07, 6.45) is 2.19. The molecular weight excluding hydrogens is 414 g/mol. The Kier molecular flexibility index (Phi) is 6.09. The fourth-order valence-electron chi connectivity index (χ4n) is 3.76. The van der Waals surface area contributed by atoms with Crippen molar-refractivity contribution in [1.29, 1.82) is 0 Å². The van der Waals surface area contributed by atoms with Crippen LogP contribution in [0.4, 0.5) is 5.69 Å². The number of aryl methyl sites for hydroxylation is 1. The van der Waals surface area contributed by atoms with Crippen LogP contribution in [0.3, 0.4) is 0 Å². The number of halogens is 1. The molecule has 1 aliphatic rings. The number of aromatic nitrogens is 2. The van der Waals surface area contributed by atoms with Gasteiger partial charge >= 0.3 is 0 Å². The van der Waals surface area contributed by atoms with E-state index in [1.165, 1.54) is 4.68 Å². The van der Waals surface area contributed by atoms with Gasteiger partial charge in [-0.15, -0.1) is 0 Å². The number of para-hydroxylation sites is 1. The Hall–Kier alpha value is -3.12. The van der Waals surface area contributed by atoms with Crippen molar-refractivity contribution >= 4 is 23.2 Å². The first-order chi connectivity index (χ1) is 15.0. The molecule has 7 heteroatoms. The molecule has 1 fully saturated rings. The number of benzene rings is 2. The molecule has 1 unspecified atom stereocenters. The van der Waals surface area contributed by atoms with Crippen LogP contribution in [-0.4, -0.2) is 22.8 Å². The van der Waals surface area contributed by atoms with Gasteiger partial charge in [0.25, 0.3) is 5.56 Å². The smallest absolute Gasteiger partial charge is 0.271 e. The van der Waals surface area contributed by atoms with Crippen molar-refractivity contribution in [3.63, 3.8) is 0 Å². The molecule has 31 heavy (non-hydrogen) atoms. The van der Waals surface area contributed by atoms with E-state index in [0.29, 0.717) is 28.4 Å². The summed E-state index contributed by atoms with van der Waals surface area (Å²) in [5, 5.41) is 7.94. The standard InChI is InChI=1S/C24H24ClN3O3/c1-15-13-18(14-17-5-3-4-6-21(17)31-2)24(30)28(27-15)22(16-7-8-16)23(29)26-20-11-9-19(25)10-12-20/h3-6,9-13,16,22H,7-8,14H2,1-2H3,(H,26,29). The summed E-state index contributed by atoms with van der Waals surface area (Å²) in [6, 6.07) is 15.6. The van der Waals surface area contributed by atoms with Crippen molar-refractivity contribution in [2.45, 2.75) is 32.2 Å². The van der Waals surface area contributed by atoms with E-state index in [1.54, 1.807) is 37.4 Å². The fraction of sp³-hybridized carbons (Fsp3) is 0.292. The number of rotatable bonds is 7. The normalized spacial score (nSPS) is 14.2. The Morgan fingerprint density at radius 2 is 1.90 bits per heavy atom. The number of methoxy groups -OCH3 is 1. The Labute approximate surface area is 185 Å². The van der Waals surface area contributed by atoms with Crippen LogP contribution in [-0.2, 0) is 11.2 Å². The summed E-state index contributed by atoms with van der Waals surface area (Å²) < 4.78 is 6.79. The molecule has 0 aliphatic heterocycles. The van der Waals surface area contributed by atoms with Gasteiger partial charge in [-0.05, 0) is 67.6 Å². The highest BCUT2D eigenvalue weighted by atomic mass is 35.5. The highest BCUT2D eigenvalue weighted by molar-refractivity contribution is 6.30. The maximum absolute atomic E-state index is 13.4. The monoisotopic (exact) mass is 437 g/mol. The zero-order chi connectivity index (χ0) is 22.0. The number of nitrogens with one attached hydrogen (secondary N) is 1. The molecule has 3 aromatic rings. The number of hydrogen-bond acceptors (Lipinski definition) is 4. The number of ether oxygens (including phenoxy) is 1. The van der Waals surface area contributed by atoms with Crippen LogP contribution in [0.1, 0.15) is 35.7 Å². The molecule has 6 nitrogen and oxygen atoms in total. The average molecular weight is 438 g/mol.